The Morgan fingerprint density at radius 3 is 2.72 bits per heavy atom. The van der Waals surface area contributed by atoms with Gasteiger partial charge in [0.1, 0.15) is 5.69 Å². The van der Waals surface area contributed by atoms with E-state index >= 15 is 0 Å². The quantitative estimate of drug-likeness (QED) is 0.492. The Kier molecular flexibility index (Phi) is 4.06. The van der Waals surface area contributed by atoms with E-state index in [9.17, 15) is 4.79 Å². The molecule has 4 N–H and O–H groups in total. The fourth-order valence-electron chi connectivity index (χ4n) is 1.92. The van der Waals surface area contributed by atoms with Crippen LogP contribution in [0.4, 0.5) is 5.82 Å². The maximum atomic E-state index is 12.2. The summed E-state index contributed by atoms with van der Waals surface area (Å²) in [5.74, 6) is 5.40. The Morgan fingerprint density at radius 2 is 2.28 bits per heavy atom. The van der Waals surface area contributed by atoms with Gasteiger partial charge in [-0.05, 0) is 19.3 Å². The van der Waals surface area contributed by atoms with Gasteiger partial charge < -0.3 is 15.4 Å². The zero-order chi connectivity index (χ0) is 13.0. The topological polar surface area (TPSA) is 104 Å². The Bertz CT molecular complexity index is 404. The molecule has 7 nitrogen and oxygen atoms in total. The van der Waals surface area contributed by atoms with Crippen molar-refractivity contribution < 1.29 is 9.90 Å². The van der Waals surface area contributed by atoms with Gasteiger partial charge in [-0.1, -0.05) is 0 Å². The Labute approximate surface area is 105 Å². The molecule has 1 aromatic heterocycles. The number of carbonyl (C=O) groups excluding carboxylic acids is 1. The second-order valence-corrected chi connectivity index (χ2v) is 4.24. The molecule has 18 heavy (non-hydrogen) atoms. The average molecular weight is 251 g/mol. The molecule has 0 aliphatic heterocycles. The van der Waals surface area contributed by atoms with Crippen LogP contribution in [0.5, 0.6) is 0 Å². The van der Waals surface area contributed by atoms with E-state index < -0.39 is 0 Å². The molecule has 1 heterocycles. The van der Waals surface area contributed by atoms with E-state index in [1.807, 2.05) is 0 Å². The minimum atomic E-state index is -0.190. The van der Waals surface area contributed by atoms with Gasteiger partial charge in [0, 0.05) is 12.6 Å². The molecule has 0 atom stereocenters. The van der Waals surface area contributed by atoms with Gasteiger partial charge in [0.05, 0.1) is 19.0 Å². The van der Waals surface area contributed by atoms with Gasteiger partial charge in [-0.25, -0.2) is 15.8 Å². The predicted molar refractivity (Wildman–Crippen MR) is 65.6 cm³/mol. The number of nitrogens with one attached hydrogen (secondary N) is 1. The summed E-state index contributed by atoms with van der Waals surface area (Å²) in [7, 11) is 0. The van der Waals surface area contributed by atoms with Crippen molar-refractivity contribution in [2.75, 3.05) is 18.6 Å². The van der Waals surface area contributed by atoms with Crippen LogP contribution in [0.25, 0.3) is 0 Å². The van der Waals surface area contributed by atoms with Gasteiger partial charge in [0.2, 0.25) is 0 Å². The van der Waals surface area contributed by atoms with Gasteiger partial charge in [-0.3, -0.25) is 4.79 Å². The summed E-state index contributed by atoms with van der Waals surface area (Å²) in [4.78, 5) is 21.9. The lowest BCUT2D eigenvalue weighted by atomic mass is 9.91. The second-order valence-electron chi connectivity index (χ2n) is 4.24. The Hall–Kier alpha value is -1.73. The van der Waals surface area contributed by atoms with Gasteiger partial charge in [-0.2, -0.15) is 0 Å². The lowest BCUT2D eigenvalue weighted by Gasteiger charge is -2.37. The van der Waals surface area contributed by atoms with Crippen molar-refractivity contribution in [3.63, 3.8) is 0 Å². The van der Waals surface area contributed by atoms with E-state index in [0.29, 0.717) is 12.4 Å². The summed E-state index contributed by atoms with van der Waals surface area (Å²) >= 11 is 0. The molecule has 0 unspecified atom stereocenters. The summed E-state index contributed by atoms with van der Waals surface area (Å²) in [6.45, 7) is 0.292. The first-order valence-electron chi connectivity index (χ1n) is 5.96. The fourth-order valence-corrected chi connectivity index (χ4v) is 1.92. The Morgan fingerprint density at radius 1 is 1.50 bits per heavy atom. The molecule has 1 aliphatic rings. The molecule has 1 fully saturated rings. The molecular weight excluding hydrogens is 234 g/mol. The van der Waals surface area contributed by atoms with E-state index in [1.54, 1.807) is 4.90 Å². The van der Waals surface area contributed by atoms with Crippen molar-refractivity contribution in [2.45, 2.75) is 25.3 Å². The molecule has 1 aliphatic carbocycles. The van der Waals surface area contributed by atoms with E-state index in [-0.39, 0.29) is 24.2 Å². The monoisotopic (exact) mass is 251 g/mol. The Balaban J connectivity index is 2.10. The first-order valence-corrected chi connectivity index (χ1v) is 5.96. The summed E-state index contributed by atoms with van der Waals surface area (Å²) < 4.78 is 0. The fraction of sp³-hybridized carbons (Fsp3) is 0.545. The molecule has 1 aromatic rings. The van der Waals surface area contributed by atoms with Crippen molar-refractivity contribution in [3.8, 4) is 0 Å². The molecule has 0 saturated heterocycles. The summed E-state index contributed by atoms with van der Waals surface area (Å²) in [6, 6.07) is 0.221. The lowest BCUT2D eigenvalue weighted by Crippen LogP contribution is -2.45. The SMILES string of the molecule is NNc1cnc(C(=O)N(CCO)C2CCC2)cn1. The normalized spacial score (nSPS) is 15.0. The van der Waals surface area contributed by atoms with Crippen molar-refractivity contribution >= 4 is 11.7 Å². The number of rotatable bonds is 5. The van der Waals surface area contributed by atoms with Crippen molar-refractivity contribution in [1.29, 1.82) is 0 Å². The molecule has 7 heteroatoms. The van der Waals surface area contributed by atoms with Gasteiger partial charge in [0.25, 0.3) is 5.91 Å². The molecule has 0 radical (unpaired) electrons. The summed E-state index contributed by atoms with van der Waals surface area (Å²) in [5, 5.41) is 9.03. The van der Waals surface area contributed by atoms with Gasteiger partial charge in [0.15, 0.2) is 5.82 Å². The summed E-state index contributed by atoms with van der Waals surface area (Å²) in [5.41, 5.74) is 2.63. The summed E-state index contributed by atoms with van der Waals surface area (Å²) in [6.07, 6.45) is 5.90. The highest BCUT2D eigenvalue weighted by Crippen LogP contribution is 2.25. The van der Waals surface area contributed by atoms with Crippen LogP contribution in [0.1, 0.15) is 29.8 Å². The number of hydrazine groups is 1. The van der Waals surface area contributed by atoms with E-state index in [0.717, 1.165) is 19.3 Å². The molecular formula is C11H17N5O2. The van der Waals surface area contributed by atoms with E-state index in [4.69, 9.17) is 10.9 Å². The van der Waals surface area contributed by atoms with Crippen molar-refractivity contribution in [2.24, 2.45) is 5.84 Å². The largest absolute Gasteiger partial charge is 0.395 e. The average Bonchev–Trinajstić information content (AvgIpc) is 2.35. The molecule has 0 aromatic carbocycles. The number of carbonyl (C=O) groups is 1. The standard InChI is InChI=1S/C11H17N5O2/c12-15-10-7-13-9(6-14-10)11(18)16(4-5-17)8-2-1-3-8/h6-8,17H,1-5,12H2,(H,14,15). The minimum Gasteiger partial charge on any atom is -0.395 e. The van der Waals surface area contributed by atoms with Gasteiger partial charge >= 0.3 is 0 Å². The smallest absolute Gasteiger partial charge is 0.274 e. The zero-order valence-electron chi connectivity index (χ0n) is 10.0. The van der Waals surface area contributed by atoms with Crippen LogP contribution >= 0.6 is 0 Å². The van der Waals surface area contributed by atoms with Gasteiger partial charge in [-0.15, -0.1) is 0 Å². The third-order valence-electron chi connectivity index (χ3n) is 3.14. The number of aliphatic hydroxyl groups excluding tert-OH is 1. The van der Waals surface area contributed by atoms with E-state index in [2.05, 4.69) is 15.4 Å². The van der Waals surface area contributed by atoms with Crippen molar-refractivity contribution in [3.05, 3.63) is 18.1 Å². The number of anilines is 1. The van der Waals surface area contributed by atoms with Crippen LogP contribution in [0, 0.1) is 0 Å². The molecule has 0 bridgehead atoms. The maximum absolute atomic E-state index is 12.2. The molecule has 1 saturated carbocycles. The number of nitrogens with two attached hydrogens (primary N) is 1. The molecule has 1 amide bonds. The third-order valence-corrected chi connectivity index (χ3v) is 3.14. The predicted octanol–water partition coefficient (Wildman–Crippen LogP) is -0.251. The van der Waals surface area contributed by atoms with Crippen LogP contribution in [0.15, 0.2) is 12.4 Å². The third kappa shape index (κ3) is 2.57. The van der Waals surface area contributed by atoms with E-state index in [1.165, 1.54) is 12.4 Å². The highest BCUT2D eigenvalue weighted by Gasteiger charge is 2.29. The lowest BCUT2D eigenvalue weighted by molar-refractivity contribution is 0.0519. The van der Waals surface area contributed by atoms with Crippen LogP contribution in [0.3, 0.4) is 0 Å². The first-order chi connectivity index (χ1) is 8.76. The maximum Gasteiger partial charge on any atom is 0.274 e. The zero-order valence-corrected chi connectivity index (χ0v) is 10.0. The molecule has 98 valence electrons. The number of nitrogens with zero attached hydrogens (tertiary/aromatic N) is 3. The second kappa shape index (κ2) is 5.74. The highest BCUT2D eigenvalue weighted by molar-refractivity contribution is 5.92. The van der Waals surface area contributed by atoms with Crippen molar-refractivity contribution in [1.82, 2.24) is 14.9 Å². The number of amides is 1. The number of nitrogen functional groups attached to an aromatic ring is 1. The minimum absolute atomic E-state index is 0.0435. The number of aromatic nitrogens is 2. The number of aliphatic hydroxyl groups is 1. The number of hydrogen-bond donors (Lipinski definition) is 3. The number of hydrogen-bond acceptors (Lipinski definition) is 6. The van der Waals surface area contributed by atoms with Crippen LogP contribution in [0.2, 0.25) is 0 Å². The van der Waals surface area contributed by atoms with Crippen LogP contribution in [-0.2, 0) is 0 Å². The highest BCUT2D eigenvalue weighted by atomic mass is 16.3. The molecule has 0 spiro atoms. The van der Waals surface area contributed by atoms with Crippen LogP contribution in [-0.4, -0.2) is 45.1 Å². The molecule has 2 rings (SSSR count). The first kappa shape index (κ1) is 12.7. The van der Waals surface area contributed by atoms with Crippen LogP contribution < -0.4 is 11.3 Å².